The van der Waals surface area contributed by atoms with E-state index in [9.17, 15) is 15.0 Å². The molecule has 1 saturated heterocycles. The summed E-state index contributed by atoms with van der Waals surface area (Å²) < 4.78 is 12.9. The van der Waals surface area contributed by atoms with E-state index in [0.717, 1.165) is 16.7 Å². The first-order valence-corrected chi connectivity index (χ1v) is 10.4. The number of ether oxygens (including phenoxy) is 1. The van der Waals surface area contributed by atoms with Crippen LogP contribution in [0.2, 0.25) is 0 Å². The molecule has 0 aromatic heterocycles. The third kappa shape index (κ3) is 4.39. The summed E-state index contributed by atoms with van der Waals surface area (Å²) in [6.45, 7) is 1.37. The van der Waals surface area contributed by atoms with Gasteiger partial charge < -0.3 is 20.3 Å². The highest BCUT2D eigenvalue weighted by Crippen LogP contribution is 2.36. The third-order valence-corrected chi connectivity index (χ3v) is 5.73. The largest absolute Gasteiger partial charge is 0.390 e. The number of hydrogen-bond acceptors (Lipinski definition) is 4. The Balaban J connectivity index is 1.57. The van der Waals surface area contributed by atoms with Crippen molar-refractivity contribution < 1.29 is 21.1 Å². The summed E-state index contributed by atoms with van der Waals surface area (Å²) in [5, 5.41) is 24.5. The molecule has 2 unspecified atom stereocenters. The maximum atomic E-state index is 12.6. The molecule has 4 rings (SSSR count). The van der Waals surface area contributed by atoms with Crippen LogP contribution in [0.15, 0.2) is 78.9 Å². The minimum Gasteiger partial charge on any atom is -0.390 e. The van der Waals surface area contributed by atoms with Crippen LogP contribution < -0.4 is 5.32 Å². The van der Waals surface area contributed by atoms with Crippen LogP contribution in [-0.2, 0) is 10.3 Å². The van der Waals surface area contributed by atoms with Crippen LogP contribution in [0.5, 0.6) is 0 Å². The van der Waals surface area contributed by atoms with E-state index in [2.05, 4.69) is 5.32 Å². The molecule has 0 aliphatic carbocycles. The van der Waals surface area contributed by atoms with Crippen molar-refractivity contribution in [2.75, 3.05) is 13.1 Å². The smallest absolute Gasteiger partial charge is 0.251 e. The van der Waals surface area contributed by atoms with Gasteiger partial charge in [-0.1, -0.05) is 72.3 Å². The molecule has 0 radical (unpaired) electrons. The van der Waals surface area contributed by atoms with Gasteiger partial charge in [0.2, 0.25) is 0 Å². The van der Waals surface area contributed by atoms with Gasteiger partial charge in [0.25, 0.3) is 5.91 Å². The Hall–Kier alpha value is -2.99. The van der Waals surface area contributed by atoms with Crippen LogP contribution in [0.25, 0.3) is 0 Å². The second-order valence-electron chi connectivity index (χ2n) is 7.87. The van der Waals surface area contributed by atoms with Crippen molar-refractivity contribution in [3.05, 3.63) is 107 Å². The van der Waals surface area contributed by atoms with Gasteiger partial charge in [-0.25, -0.2) is 0 Å². The summed E-state index contributed by atoms with van der Waals surface area (Å²) >= 11 is 0. The monoisotopic (exact) mass is 419 g/mol. The second kappa shape index (κ2) is 9.02. The fourth-order valence-corrected chi connectivity index (χ4v) is 3.84. The number of nitrogens with one attached hydrogen (secondary N) is 1. The molecule has 3 N–H and O–H groups in total. The molecule has 5 nitrogen and oxygen atoms in total. The van der Waals surface area contributed by atoms with E-state index >= 15 is 0 Å². The van der Waals surface area contributed by atoms with Gasteiger partial charge in [-0.2, -0.15) is 0 Å². The lowest BCUT2D eigenvalue weighted by atomic mass is 9.80. The first-order valence-electron chi connectivity index (χ1n) is 10.9. The van der Waals surface area contributed by atoms with Crippen molar-refractivity contribution in [1.29, 1.82) is 0 Å². The quantitative estimate of drug-likeness (QED) is 0.537. The van der Waals surface area contributed by atoms with Crippen LogP contribution in [0, 0.1) is 6.92 Å². The predicted molar refractivity (Wildman–Crippen MR) is 119 cm³/mol. The molecule has 1 aliphatic rings. The molecule has 1 aliphatic heterocycles. The van der Waals surface area contributed by atoms with Crippen LogP contribution in [-0.4, -0.2) is 41.5 Å². The molecule has 1 amide bonds. The molecule has 3 aromatic rings. The van der Waals surface area contributed by atoms with E-state index in [-0.39, 0.29) is 18.9 Å². The summed E-state index contributed by atoms with van der Waals surface area (Å²) in [7, 11) is 0. The molecule has 0 spiro atoms. The molecule has 1 heterocycles. The van der Waals surface area contributed by atoms with E-state index in [1.165, 1.54) is 0 Å². The molecule has 0 bridgehead atoms. The molecule has 0 saturated carbocycles. The minimum atomic E-state index is -1.37. The lowest BCUT2D eigenvalue weighted by molar-refractivity contribution is 0.0416. The Morgan fingerprint density at radius 1 is 1.03 bits per heavy atom. The highest BCUT2D eigenvalue weighted by atomic mass is 16.5. The minimum absolute atomic E-state index is 0.133. The van der Waals surface area contributed by atoms with Gasteiger partial charge in [-0.3, -0.25) is 4.79 Å². The fraction of sp³-hybridized carbons (Fsp3) is 0.269. The topological polar surface area (TPSA) is 78.8 Å². The number of hydrogen-bond donors (Lipinski definition) is 3. The highest BCUT2D eigenvalue weighted by molar-refractivity contribution is 5.94. The Kier molecular flexibility index (Phi) is 5.80. The zero-order valence-electron chi connectivity index (χ0n) is 18.4. The maximum Gasteiger partial charge on any atom is 0.251 e. The van der Waals surface area contributed by atoms with Crippen molar-refractivity contribution >= 4 is 5.91 Å². The van der Waals surface area contributed by atoms with Crippen molar-refractivity contribution in [1.82, 2.24) is 5.32 Å². The molecule has 3 aromatic carbocycles. The number of benzene rings is 3. The lowest BCUT2D eigenvalue weighted by Gasteiger charge is -2.30. The van der Waals surface area contributed by atoms with Crippen molar-refractivity contribution in [2.45, 2.75) is 31.2 Å². The molecule has 31 heavy (non-hydrogen) atoms. The van der Waals surface area contributed by atoms with Gasteiger partial charge in [0.05, 0.1) is 7.47 Å². The average Bonchev–Trinajstić information content (AvgIpc) is 3.14. The van der Waals surface area contributed by atoms with E-state index < -0.39 is 24.4 Å². The number of rotatable bonds is 6. The first kappa shape index (κ1) is 19.9. The molecule has 4 atom stereocenters. The standard InChI is InChI=1S/C26H27NO4/c1-18-7-11-21(12-8-18)26(30,20-5-3-2-4-6-20)22-13-9-19(10-14-22)25(29)27-17-24-23(28)15-16-31-24/h2-14,23-24,28,30H,15-17H2,1H3,(H,27,29)/t23-,24+,26?/m0/s1/i16T/t16?,23-,24+,26?. The number of carbonyl (C=O) groups excluding carboxylic acids is 1. The molecule has 1 fully saturated rings. The average molecular weight is 420 g/mol. The lowest BCUT2D eigenvalue weighted by Crippen LogP contribution is -2.37. The van der Waals surface area contributed by atoms with Crippen LogP contribution in [0.4, 0.5) is 0 Å². The van der Waals surface area contributed by atoms with E-state index in [4.69, 9.17) is 6.11 Å². The van der Waals surface area contributed by atoms with Crippen LogP contribution >= 0.6 is 0 Å². The Morgan fingerprint density at radius 2 is 1.61 bits per heavy atom. The number of aliphatic hydroxyl groups is 2. The summed E-state index contributed by atoms with van der Waals surface area (Å²) in [6.07, 6.45) is -1.09. The van der Waals surface area contributed by atoms with E-state index in [1.54, 1.807) is 24.3 Å². The van der Waals surface area contributed by atoms with Crippen molar-refractivity contribution in [3.8, 4) is 0 Å². The SMILES string of the molecule is [3H]C1C[C@H](O)[C@@H](CNC(=O)c2ccc(C(O)(c3ccccc3)c3ccc(C)cc3)cc2)O1. The van der Waals surface area contributed by atoms with Gasteiger partial charge in [-0.05, 0) is 42.2 Å². The normalized spacial score (nSPS) is 23.1. The van der Waals surface area contributed by atoms with Crippen molar-refractivity contribution in [3.63, 3.8) is 0 Å². The number of aliphatic hydroxyl groups excluding tert-OH is 1. The second-order valence-corrected chi connectivity index (χ2v) is 7.87. The third-order valence-electron chi connectivity index (χ3n) is 5.73. The fourth-order valence-electron chi connectivity index (χ4n) is 3.84. The summed E-state index contributed by atoms with van der Waals surface area (Å²) in [5.74, 6) is -0.306. The number of amides is 1. The number of aryl methyl sites for hydroxylation is 1. The van der Waals surface area contributed by atoms with E-state index in [0.29, 0.717) is 11.1 Å². The van der Waals surface area contributed by atoms with Gasteiger partial charge in [0, 0.05) is 18.7 Å². The summed E-state index contributed by atoms with van der Waals surface area (Å²) in [4.78, 5) is 12.6. The van der Waals surface area contributed by atoms with Gasteiger partial charge in [0.15, 0.2) is 0 Å². The van der Waals surface area contributed by atoms with Gasteiger partial charge in [0.1, 0.15) is 11.7 Å². The summed E-state index contributed by atoms with van der Waals surface area (Å²) in [5.41, 5.74) is 2.29. The Labute approximate surface area is 183 Å². The first-order chi connectivity index (χ1) is 15.4. The molecular weight excluding hydrogens is 390 g/mol. The Bertz CT molecular complexity index is 1060. The molecule has 160 valence electrons. The summed E-state index contributed by atoms with van der Waals surface area (Å²) in [6, 6.07) is 24.0. The zero-order valence-corrected chi connectivity index (χ0v) is 17.4. The van der Waals surface area contributed by atoms with Crippen LogP contribution in [0.3, 0.4) is 0 Å². The number of carbonyl (C=O) groups is 1. The Morgan fingerprint density at radius 3 is 2.19 bits per heavy atom. The van der Waals surface area contributed by atoms with E-state index in [1.807, 2.05) is 61.5 Å². The zero-order chi connectivity index (χ0) is 22.7. The van der Waals surface area contributed by atoms with Gasteiger partial charge >= 0.3 is 0 Å². The van der Waals surface area contributed by atoms with Crippen molar-refractivity contribution in [2.24, 2.45) is 0 Å². The highest BCUT2D eigenvalue weighted by Gasteiger charge is 2.34. The molecular formula is C26H27NO4. The predicted octanol–water partition coefficient (Wildman–Crippen LogP) is 3.16. The molecule has 5 heteroatoms. The maximum absolute atomic E-state index is 12.6. The van der Waals surface area contributed by atoms with Gasteiger partial charge in [-0.15, -0.1) is 0 Å². The van der Waals surface area contributed by atoms with Crippen LogP contribution in [0.1, 0.15) is 40.4 Å².